The topological polar surface area (TPSA) is 74.9 Å². The van der Waals surface area contributed by atoms with Crippen molar-refractivity contribution in [2.45, 2.75) is 18.5 Å². The maximum absolute atomic E-state index is 13.8. The van der Waals surface area contributed by atoms with Crippen LogP contribution >= 0.6 is 0 Å². The highest BCUT2D eigenvalue weighted by atomic mass is 16.7. The summed E-state index contributed by atoms with van der Waals surface area (Å²) < 4.78 is 102. The van der Waals surface area contributed by atoms with Gasteiger partial charge in [0, 0.05) is 36.8 Å². The molecule has 1 unspecified atom stereocenters. The predicted molar refractivity (Wildman–Crippen MR) is 105 cm³/mol. The van der Waals surface area contributed by atoms with Gasteiger partial charge in [-0.1, -0.05) is 24.2 Å². The molecule has 0 bridgehead atoms. The van der Waals surface area contributed by atoms with Gasteiger partial charge in [-0.15, -0.1) is 0 Å². The zero-order valence-corrected chi connectivity index (χ0v) is 14.6. The van der Waals surface area contributed by atoms with Crippen LogP contribution in [0.5, 0.6) is 11.5 Å². The molecule has 1 fully saturated rings. The van der Waals surface area contributed by atoms with Crippen LogP contribution in [-0.2, 0) is 16.0 Å². The smallest absolute Gasteiger partial charge is 0.245 e. The zero-order valence-electron chi connectivity index (χ0n) is 25.6. The van der Waals surface area contributed by atoms with Gasteiger partial charge in [0.1, 0.15) is 6.04 Å². The van der Waals surface area contributed by atoms with Crippen LogP contribution in [0, 0.1) is 0 Å². The van der Waals surface area contributed by atoms with Crippen molar-refractivity contribution in [2.24, 2.45) is 0 Å². The number of amides is 2. The van der Waals surface area contributed by atoms with Gasteiger partial charge in [-0.05, 0) is 29.3 Å². The first-order valence-electron chi connectivity index (χ1n) is 14.2. The van der Waals surface area contributed by atoms with Crippen molar-refractivity contribution >= 4 is 22.7 Å². The lowest BCUT2D eigenvalue weighted by Gasteiger charge is -2.46. The van der Waals surface area contributed by atoms with Gasteiger partial charge >= 0.3 is 0 Å². The Bertz CT molecular complexity index is 1650. The van der Waals surface area contributed by atoms with Crippen LogP contribution < -0.4 is 9.47 Å². The number of benzene rings is 2. The number of carbonyl (C=O) groups is 2. The number of aromatic nitrogens is 1. The van der Waals surface area contributed by atoms with E-state index in [0.29, 0.717) is 10.6 Å². The average molecular weight is 400 g/mol. The van der Waals surface area contributed by atoms with Crippen molar-refractivity contribution in [3.63, 3.8) is 0 Å². The number of likely N-dealkylation sites (N-methyl/N-ethyl adjacent to an activating group) is 1. The molecule has 7 heteroatoms. The lowest BCUT2D eigenvalue weighted by molar-refractivity contribution is -0.157. The van der Waals surface area contributed by atoms with Crippen molar-refractivity contribution in [1.82, 2.24) is 14.8 Å². The van der Waals surface area contributed by atoms with Crippen LogP contribution in [0.4, 0.5) is 0 Å². The Kier molecular flexibility index (Phi) is 1.77. The highest BCUT2D eigenvalue weighted by Crippen LogP contribution is 2.44. The van der Waals surface area contributed by atoms with E-state index in [0.717, 1.165) is 0 Å². The Morgan fingerprint density at radius 1 is 1.24 bits per heavy atom. The molecule has 3 aliphatic heterocycles. The van der Waals surface area contributed by atoms with E-state index in [9.17, 15) is 9.59 Å². The summed E-state index contributed by atoms with van der Waals surface area (Å²) >= 11 is 0. The molecule has 0 aliphatic carbocycles. The maximum Gasteiger partial charge on any atom is 0.245 e. The van der Waals surface area contributed by atoms with Gasteiger partial charge in [0.2, 0.25) is 18.6 Å². The van der Waals surface area contributed by atoms with Crippen LogP contribution in [0.3, 0.4) is 0 Å². The summed E-state index contributed by atoms with van der Waals surface area (Å²) in [4.78, 5) is 30.8. The first-order chi connectivity index (χ1) is 18.5. The lowest BCUT2D eigenvalue weighted by Crippen LogP contribution is -2.62. The molecule has 0 radical (unpaired) electrons. The second-order valence-corrected chi connectivity index (χ2v) is 6.72. The minimum atomic E-state index is -3.45. The van der Waals surface area contributed by atoms with Crippen LogP contribution in [0.15, 0.2) is 42.4 Å². The van der Waals surface area contributed by atoms with E-state index in [-0.39, 0.29) is 45.2 Å². The molecule has 2 amide bonds. The number of para-hydroxylation sites is 1. The van der Waals surface area contributed by atoms with Crippen molar-refractivity contribution in [2.75, 3.05) is 20.3 Å². The van der Waals surface area contributed by atoms with Crippen molar-refractivity contribution in [3.05, 3.63) is 59.2 Å². The molecule has 7 nitrogen and oxygen atoms in total. The van der Waals surface area contributed by atoms with E-state index in [1.165, 1.54) is 18.2 Å². The fourth-order valence-electron chi connectivity index (χ4n) is 3.93. The molecule has 146 valence electrons. The van der Waals surface area contributed by atoms with Gasteiger partial charge in [-0.3, -0.25) is 9.59 Å². The monoisotopic (exact) mass is 400 g/mol. The number of piperazine rings is 1. The molecule has 3 aromatic rings. The van der Waals surface area contributed by atoms with E-state index in [2.05, 4.69) is 4.98 Å². The minimum absolute atomic E-state index is 0.105. The molecule has 6 rings (SSSR count). The maximum atomic E-state index is 13.8. The Hall–Kier alpha value is -3.48. The number of nitrogens with zero attached hydrogens (tertiary/aromatic N) is 2. The largest absolute Gasteiger partial charge is 0.454 e. The average Bonchev–Trinajstić information content (AvgIpc) is 3.48. The number of aromatic amines is 1. The number of fused-ring (bicyclic) bond motifs is 5. The number of hydrogen-bond acceptors (Lipinski definition) is 4. The van der Waals surface area contributed by atoms with Gasteiger partial charge in [0.25, 0.3) is 0 Å². The quantitative estimate of drug-likeness (QED) is 0.680. The van der Waals surface area contributed by atoms with E-state index < -0.39 is 67.9 Å². The molecule has 1 saturated heterocycles. The van der Waals surface area contributed by atoms with E-state index in [1.54, 1.807) is 0 Å². The molecule has 2 aromatic carbocycles. The van der Waals surface area contributed by atoms with Gasteiger partial charge in [0.15, 0.2) is 11.5 Å². The number of hydrogen-bond donors (Lipinski definition) is 1. The first kappa shape index (κ1) is 8.90. The summed E-state index contributed by atoms with van der Waals surface area (Å²) in [6, 6.07) is -1.64. The van der Waals surface area contributed by atoms with Crippen LogP contribution in [-0.4, -0.2) is 52.9 Å². The van der Waals surface area contributed by atoms with Crippen LogP contribution in [0.1, 0.15) is 37.9 Å². The van der Waals surface area contributed by atoms with Gasteiger partial charge in [-0.25, -0.2) is 0 Å². The molecule has 3 aliphatic rings. The summed E-state index contributed by atoms with van der Waals surface area (Å²) in [5, 5.41) is -0.273. The molecule has 4 heterocycles. The van der Waals surface area contributed by atoms with Gasteiger partial charge < -0.3 is 24.3 Å². The Balaban J connectivity index is 1.73. The van der Waals surface area contributed by atoms with Gasteiger partial charge in [0.05, 0.1) is 20.8 Å². The van der Waals surface area contributed by atoms with E-state index in [4.69, 9.17) is 24.6 Å². The highest BCUT2D eigenvalue weighted by Gasteiger charge is 2.47. The number of H-pyrrole nitrogens is 1. The minimum Gasteiger partial charge on any atom is -0.454 e. The number of ether oxygens (including phenoxy) is 2. The molecule has 1 N–H and O–H groups in total. The summed E-state index contributed by atoms with van der Waals surface area (Å²) in [5.41, 5.74) is -0.484. The van der Waals surface area contributed by atoms with Crippen molar-refractivity contribution < 1.29 is 34.1 Å². The van der Waals surface area contributed by atoms with E-state index in [1.807, 2.05) is 0 Å². The lowest BCUT2D eigenvalue weighted by atomic mass is 9.86. The SMILES string of the molecule is [2H]c1c([2H])c([2H])c2c3c([nH]c2c1[2H])C(c1ccc2c(c1)OCO2)N1C(=O)C([2H])([2H])N(C([2H])([2H])[2H])C(=O)[C@H]1C3([2H])[2H]. The predicted octanol–water partition coefficient (Wildman–Crippen LogP) is 2.21. The second-order valence-electron chi connectivity index (χ2n) is 6.72. The van der Waals surface area contributed by atoms with Gasteiger partial charge in [-0.2, -0.15) is 0 Å². The molecule has 29 heavy (non-hydrogen) atoms. The second kappa shape index (κ2) is 5.76. The first-order valence-corrected chi connectivity index (χ1v) is 8.70. The third kappa shape index (κ3) is 2.24. The fraction of sp³-hybridized carbons (Fsp3) is 0.273. The molecule has 0 spiro atoms. The number of rotatable bonds is 1. The zero-order chi connectivity index (χ0) is 29.3. The summed E-state index contributed by atoms with van der Waals surface area (Å²) in [5.74, 6) is -2.43. The van der Waals surface area contributed by atoms with E-state index >= 15 is 0 Å². The van der Waals surface area contributed by atoms with Crippen LogP contribution in [0.2, 0.25) is 0 Å². The highest BCUT2D eigenvalue weighted by molar-refractivity contribution is 5.97. The summed E-state index contributed by atoms with van der Waals surface area (Å²) in [7, 11) is 0. The number of nitrogens with one attached hydrogen (secondary N) is 1. The third-order valence-electron chi connectivity index (χ3n) is 5.19. The summed E-state index contributed by atoms with van der Waals surface area (Å²) in [6.45, 7) is -6.94. The molecular formula is C22H19N3O4. The summed E-state index contributed by atoms with van der Waals surface area (Å²) in [6.07, 6.45) is -2.93. The standard InChI is InChI=1S/C22H19N3O4/c1-24-10-19(26)25-16(22(24)27)9-14-13-4-2-3-5-15(13)23-20(14)21(25)12-6-7-17-18(8-12)29-11-28-17/h2-8,16,21,23H,9-11H2,1H3/t16-,21?/m1/s1/i1D3,2D,3D,4D,5D,9D2,10D2. The molecular weight excluding hydrogens is 370 g/mol. The molecule has 1 aromatic heterocycles. The van der Waals surface area contributed by atoms with Crippen LogP contribution in [0.25, 0.3) is 10.9 Å². The third-order valence-corrected chi connectivity index (χ3v) is 5.19. The Morgan fingerprint density at radius 2 is 2.10 bits per heavy atom. The van der Waals surface area contributed by atoms with Crippen molar-refractivity contribution in [3.8, 4) is 11.5 Å². The number of carbonyl (C=O) groups excluding carboxylic acids is 2. The van der Waals surface area contributed by atoms with Crippen molar-refractivity contribution in [1.29, 1.82) is 0 Å². The fourth-order valence-corrected chi connectivity index (χ4v) is 3.93. The molecule has 2 atom stereocenters. The Labute approximate surface area is 182 Å². The Morgan fingerprint density at radius 3 is 3.00 bits per heavy atom. The molecule has 0 saturated carbocycles. The normalized spacial score (nSPS) is 32.2.